The molecule has 0 amide bonds. The van der Waals surface area contributed by atoms with Crippen LogP contribution in [0.4, 0.5) is 0 Å². The third-order valence-corrected chi connectivity index (χ3v) is 4.10. The lowest BCUT2D eigenvalue weighted by Crippen LogP contribution is -1.98. The summed E-state index contributed by atoms with van der Waals surface area (Å²) in [4.78, 5) is 0. The van der Waals surface area contributed by atoms with E-state index in [1.807, 2.05) is 54.6 Å². The van der Waals surface area contributed by atoms with Crippen LogP contribution in [-0.2, 0) is 6.54 Å². The topological polar surface area (TPSA) is 35.2 Å². The van der Waals surface area contributed by atoms with Gasteiger partial charge in [-0.3, -0.25) is 0 Å². The molecule has 21 heavy (non-hydrogen) atoms. The Morgan fingerprint density at radius 3 is 2.38 bits per heavy atom. The Kier molecular flexibility index (Phi) is 4.15. The molecule has 3 aromatic carbocycles. The number of hydrogen-bond donors (Lipinski definition) is 1. The van der Waals surface area contributed by atoms with Gasteiger partial charge in [0.1, 0.15) is 11.5 Å². The van der Waals surface area contributed by atoms with E-state index in [-0.39, 0.29) is 0 Å². The first-order valence-electron chi connectivity index (χ1n) is 6.52. The molecule has 0 aromatic heterocycles. The van der Waals surface area contributed by atoms with Crippen molar-refractivity contribution in [2.75, 3.05) is 0 Å². The van der Waals surface area contributed by atoms with E-state index in [4.69, 9.17) is 22.1 Å². The second-order valence-electron chi connectivity index (χ2n) is 4.65. The van der Waals surface area contributed by atoms with Crippen LogP contribution in [0.25, 0.3) is 10.8 Å². The summed E-state index contributed by atoms with van der Waals surface area (Å²) in [6, 6.07) is 17.5. The highest BCUT2D eigenvalue weighted by Crippen LogP contribution is 2.36. The summed E-state index contributed by atoms with van der Waals surface area (Å²) >= 11 is 9.60. The van der Waals surface area contributed by atoms with Crippen LogP contribution in [0.15, 0.2) is 59.1 Å². The van der Waals surface area contributed by atoms with Gasteiger partial charge in [0, 0.05) is 16.4 Å². The summed E-state index contributed by atoms with van der Waals surface area (Å²) in [5.74, 6) is 1.40. The van der Waals surface area contributed by atoms with Crippen LogP contribution < -0.4 is 10.5 Å². The SMILES string of the molecule is NCc1ccc(Oc2ccc(Br)cc2Cl)c2ccccc12. The van der Waals surface area contributed by atoms with E-state index < -0.39 is 0 Å². The Hall–Kier alpha value is -1.55. The number of benzene rings is 3. The van der Waals surface area contributed by atoms with Gasteiger partial charge in [-0.15, -0.1) is 0 Å². The number of halogens is 2. The highest BCUT2D eigenvalue weighted by atomic mass is 79.9. The fourth-order valence-corrected chi connectivity index (χ4v) is 2.99. The summed E-state index contributed by atoms with van der Waals surface area (Å²) in [6.07, 6.45) is 0. The summed E-state index contributed by atoms with van der Waals surface area (Å²) in [7, 11) is 0. The molecule has 3 rings (SSSR count). The maximum Gasteiger partial charge on any atom is 0.146 e. The van der Waals surface area contributed by atoms with Crippen LogP contribution in [0.1, 0.15) is 5.56 Å². The van der Waals surface area contributed by atoms with E-state index in [1.54, 1.807) is 0 Å². The quantitative estimate of drug-likeness (QED) is 0.667. The van der Waals surface area contributed by atoms with Gasteiger partial charge in [0.25, 0.3) is 0 Å². The highest BCUT2D eigenvalue weighted by Gasteiger charge is 2.09. The second-order valence-corrected chi connectivity index (χ2v) is 5.97. The molecule has 3 aromatic rings. The minimum absolute atomic E-state index is 0.500. The molecule has 0 fully saturated rings. The first-order valence-corrected chi connectivity index (χ1v) is 7.70. The molecule has 0 aliphatic carbocycles. The van der Waals surface area contributed by atoms with E-state index in [9.17, 15) is 0 Å². The largest absolute Gasteiger partial charge is 0.455 e. The summed E-state index contributed by atoms with van der Waals surface area (Å²) in [5.41, 5.74) is 6.89. The lowest BCUT2D eigenvalue weighted by molar-refractivity contribution is 0.488. The molecule has 0 unspecified atom stereocenters. The summed E-state index contributed by atoms with van der Waals surface area (Å²) in [6.45, 7) is 0.500. The van der Waals surface area contributed by atoms with E-state index in [0.29, 0.717) is 17.3 Å². The Balaban J connectivity index is 2.09. The van der Waals surface area contributed by atoms with Gasteiger partial charge in [-0.05, 0) is 35.2 Å². The zero-order valence-corrected chi connectivity index (χ0v) is 13.5. The van der Waals surface area contributed by atoms with E-state index >= 15 is 0 Å². The van der Waals surface area contributed by atoms with Crippen molar-refractivity contribution in [3.8, 4) is 11.5 Å². The fourth-order valence-electron chi connectivity index (χ4n) is 2.28. The summed E-state index contributed by atoms with van der Waals surface area (Å²) < 4.78 is 6.90. The van der Waals surface area contributed by atoms with Gasteiger partial charge in [0.2, 0.25) is 0 Å². The molecular formula is C17H13BrClNO. The van der Waals surface area contributed by atoms with Gasteiger partial charge in [0.15, 0.2) is 0 Å². The first-order chi connectivity index (χ1) is 10.2. The fraction of sp³-hybridized carbons (Fsp3) is 0.0588. The third kappa shape index (κ3) is 2.91. The number of rotatable bonds is 3. The number of nitrogens with two attached hydrogens (primary N) is 1. The molecule has 106 valence electrons. The van der Waals surface area contributed by atoms with Crippen LogP contribution in [0.3, 0.4) is 0 Å². The number of hydrogen-bond acceptors (Lipinski definition) is 2. The van der Waals surface area contributed by atoms with E-state index in [0.717, 1.165) is 26.6 Å². The van der Waals surface area contributed by atoms with Gasteiger partial charge in [-0.25, -0.2) is 0 Å². The van der Waals surface area contributed by atoms with Gasteiger partial charge in [-0.2, -0.15) is 0 Å². The van der Waals surface area contributed by atoms with Crippen LogP contribution in [0.5, 0.6) is 11.5 Å². The minimum atomic E-state index is 0.500. The number of ether oxygens (including phenoxy) is 1. The van der Waals surface area contributed by atoms with Crippen molar-refractivity contribution in [2.45, 2.75) is 6.54 Å². The number of fused-ring (bicyclic) bond motifs is 1. The van der Waals surface area contributed by atoms with Gasteiger partial charge < -0.3 is 10.5 Å². The Bertz CT molecular complexity index is 804. The minimum Gasteiger partial charge on any atom is -0.455 e. The van der Waals surface area contributed by atoms with Crippen molar-refractivity contribution >= 4 is 38.3 Å². The molecule has 0 atom stereocenters. The van der Waals surface area contributed by atoms with Crippen molar-refractivity contribution in [3.05, 3.63) is 69.7 Å². The van der Waals surface area contributed by atoms with Gasteiger partial charge in [-0.1, -0.05) is 57.9 Å². The average molecular weight is 363 g/mol. The molecule has 0 bridgehead atoms. The lowest BCUT2D eigenvalue weighted by Gasteiger charge is -2.12. The van der Waals surface area contributed by atoms with Crippen molar-refractivity contribution in [1.29, 1.82) is 0 Å². The average Bonchev–Trinajstić information content (AvgIpc) is 2.50. The van der Waals surface area contributed by atoms with Crippen LogP contribution >= 0.6 is 27.5 Å². The van der Waals surface area contributed by atoms with Crippen LogP contribution in [0.2, 0.25) is 5.02 Å². The maximum atomic E-state index is 6.21. The Labute approximate surface area is 136 Å². The molecule has 0 saturated carbocycles. The van der Waals surface area contributed by atoms with Gasteiger partial charge in [0.05, 0.1) is 5.02 Å². The van der Waals surface area contributed by atoms with Gasteiger partial charge >= 0.3 is 0 Å². The van der Waals surface area contributed by atoms with Crippen molar-refractivity contribution in [2.24, 2.45) is 5.73 Å². The highest BCUT2D eigenvalue weighted by molar-refractivity contribution is 9.10. The third-order valence-electron chi connectivity index (χ3n) is 3.31. The Morgan fingerprint density at radius 2 is 1.67 bits per heavy atom. The predicted molar refractivity (Wildman–Crippen MR) is 91.1 cm³/mol. The maximum absolute atomic E-state index is 6.21. The zero-order chi connectivity index (χ0) is 14.8. The van der Waals surface area contributed by atoms with E-state index in [1.165, 1.54) is 0 Å². The molecule has 2 nitrogen and oxygen atoms in total. The molecule has 0 aliphatic heterocycles. The standard InChI is InChI=1S/C17H13BrClNO/c18-12-6-8-17(15(19)9-12)21-16-7-5-11(10-20)13-3-1-2-4-14(13)16/h1-9H,10,20H2. The molecule has 0 aliphatic rings. The molecule has 0 radical (unpaired) electrons. The van der Waals surface area contributed by atoms with Crippen molar-refractivity contribution in [3.63, 3.8) is 0 Å². The van der Waals surface area contributed by atoms with Crippen LogP contribution in [-0.4, -0.2) is 0 Å². The smallest absolute Gasteiger partial charge is 0.146 e. The van der Waals surface area contributed by atoms with E-state index in [2.05, 4.69) is 15.9 Å². The normalized spacial score (nSPS) is 10.8. The second kappa shape index (κ2) is 6.06. The molecule has 4 heteroatoms. The van der Waals surface area contributed by atoms with Crippen LogP contribution in [0, 0.1) is 0 Å². The predicted octanol–water partition coefficient (Wildman–Crippen LogP) is 5.51. The van der Waals surface area contributed by atoms with Crippen molar-refractivity contribution < 1.29 is 4.74 Å². The molecule has 0 saturated heterocycles. The monoisotopic (exact) mass is 361 g/mol. The molecule has 2 N–H and O–H groups in total. The van der Waals surface area contributed by atoms with Crippen molar-refractivity contribution in [1.82, 2.24) is 0 Å². The zero-order valence-electron chi connectivity index (χ0n) is 11.1. The molecule has 0 spiro atoms. The lowest BCUT2D eigenvalue weighted by atomic mass is 10.0. The Morgan fingerprint density at radius 1 is 0.952 bits per heavy atom. The molecular weight excluding hydrogens is 350 g/mol. The summed E-state index contributed by atoms with van der Waals surface area (Å²) in [5, 5.41) is 2.70. The molecule has 0 heterocycles. The first kappa shape index (κ1) is 14.4.